The fourth-order valence-electron chi connectivity index (χ4n) is 1.98. The minimum absolute atomic E-state index is 0.0885. The zero-order chi connectivity index (χ0) is 14.5. The van der Waals surface area contributed by atoms with Gasteiger partial charge in [-0.1, -0.05) is 54.1 Å². The molecule has 20 heavy (non-hydrogen) atoms. The summed E-state index contributed by atoms with van der Waals surface area (Å²) in [5, 5.41) is 0. The van der Waals surface area contributed by atoms with Gasteiger partial charge in [0.25, 0.3) is 0 Å². The molecule has 2 N–H and O–H groups in total. The average Bonchev–Trinajstić information content (AvgIpc) is 2.38. The third kappa shape index (κ3) is 4.03. The van der Waals surface area contributed by atoms with Crippen LogP contribution in [0.2, 0.25) is 0 Å². The molecule has 0 unspecified atom stereocenters. The molecule has 1 atom stereocenters. The molecule has 0 aromatic heterocycles. The van der Waals surface area contributed by atoms with Crippen molar-refractivity contribution in [3.63, 3.8) is 0 Å². The first-order valence-electron chi connectivity index (χ1n) is 6.34. The highest BCUT2D eigenvalue weighted by Gasteiger charge is 2.06. The van der Waals surface area contributed by atoms with Crippen molar-refractivity contribution in [1.82, 2.24) is 0 Å². The van der Waals surface area contributed by atoms with Crippen LogP contribution in [0.3, 0.4) is 0 Å². The van der Waals surface area contributed by atoms with Crippen molar-refractivity contribution in [2.75, 3.05) is 5.75 Å². The Balaban J connectivity index is 2.17. The van der Waals surface area contributed by atoms with E-state index in [0.29, 0.717) is 5.75 Å². The van der Waals surface area contributed by atoms with Gasteiger partial charge >= 0.3 is 0 Å². The number of hydrogen-bond donors (Lipinski definition) is 1. The Kier molecular flexibility index (Phi) is 4.69. The van der Waals surface area contributed by atoms with Gasteiger partial charge in [-0.05, 0) is 23.6 Å². The van der Waals surface area contributed by atoms with E-state index in [1.54, 1.807) is 0 Å². The van der Waals surface area contributed by atoms with Gasteiger partial charge in [0.2, 0.25) is 5.91 Å². The van der Waals surface area contributed by atoms with E-state index < -0.39 is 16.7 Å². The summed E-state index contributed by atoms with van der Waals surface area (Å²) in [4.78, 5) is 10.7. The largest absolute Gasteiger partial charge is 0.369 e. The third-order valence-electron chi connectivity index (χ3n) is 2.94. The lowest BCUT2D eigenvalue weighted by Crippen LogP contribution is -2.20. The zero-order valence-corrected chi connectivity index (χ0v) is 12.2. The van der Waals surface area contributed by atoms with Gasteiger partial charge < -0.3 is 5.73 Å². The van der Waals surface area contributed by atoms with Crippen LogP contribution < -0.4 is 5.73 Å². The van der Waals surface area contributed by atoms with Crippen LogP contribution in [0, 0.1) is 6.92 Å². The van der Waals surface area contributed by atoms with Crippen molar-refractivity contribution in [2.24, 2.45) is 5.73 Å². The predicted molar refractivity (Wildman–Crippen MR) is 82.5 cm³/mol. The Morgan fingerprint density at radius 2 is 1.80 bits per heavy atom. The summed E-state index contributed by atoms with van der Waals surface area (Å²) in [6.45, 7) is 2.05. The number of hydrogen-bond acceptors (Lipinski definition) is 2. The summed E-state index contributed by atoms with van der Waals surface area (Å²) in [7, 11) is -1.24. The molecule has 2 aromatic carbocycles. The van der Waals surface area contributed by atoms with Crippen LogP contribution in [-0.4, -0.2) is 15.9 Å². The van der Waals surface area contributed by atoms with Gasteiger partial charge in [-0.3, -0.25) is 9.00 Å². The first kappa shape index (κ1) is 14.5. The van der Waals surface area contributed by atoms with E-state index in [0.717, 1.165) is 16.7 Å². The van der Waals surface area contributed by atoms with Crippen LogP contribution in [0.5, 0.6) is 0 Å². The lowest BCUT2D eigenvalue weighted by atomic mass is 10.0. The molecule has 0 aliphatic rings. The maximum atomic E-state index is 11.7. The molecular weight excluding hydrogens is 270 g/mol. The fraction of sp³-hybridized carbons (Fsp3) is 0.188. The molecule has 0 aliphatic carbocycles. The Morgan fingerprint density at radius 1 is 1.10 bits per heavy atom. The summed E-state index contributed by atoms with van der Waals surface area (Å²) in [6.07, 6.45) is 0. The van der Waals surface area contributed by atoms with Crippen molar-refractivity contribution < 1.29 is 9.00 Å². The maximum absolute atomic E-state index is 11.7. The van der Waals surface area contributed by atoms with E-state index in [1.165, 1.54) is 5.56 Å². The standard InChI is InChI=1S/C16H17NO2S/c1-12-5-7-14(8-6-12)15-4-2-3-13(9-15)10-20(19)11-16(17)18/h2-9H,10-11H2,1H3,(H2,17,18)/t20-/m0/s1. The van der Waals surface area contributed by atoms with Crippen molar-refractivity contribution in [3.05, 3.63) is 59.7 Å². The highest BCUT2D eigenvalue weighted by atomic mass is 32.2. The molecule has 1 amide bonds. The molecule has 4 heteroatoms. The Bertz CT molecular complexity index is 635. The summed E-state index contributed by atoms with van der Waals surface area (Å²) in [5.74, 6) is -0.268. The second-order valence-corrected chi connectivity index (χ2v) is 6.22. The van der Waals surface area contributed by atoms with Gasteiger partial charge in [-0.15, -0.1) is 0 Å². The number of carbonyl (C=O) groups is 1. The van der Waals surface area contributed by atoms with E-state index in [2.05, 4.69) is 24.3 Å². The molecule has 104 valence electrons. The van der Waals surface area contributed by atoms with E-state index in [4.69, 9.17) is 5.73 Å². The number of nitrogens with two attached hydrogens (primary N) is 1. The van der Waals surface area contributed by atoms with E-state index in [1.807, 2.05) is 31.2 Å². The molecule has 0 radical (unpaired) electrons. The van der Waals surface area contributed by atoms with Gasteiger partial charge in [-0.25, -0.2) is 0 Å². The first-order valence-corrected chi connectivity index (χ1v) is 7.82. The average molecular weight is 287 g/mol. The van der Waals surface area contributed by atoms with Gasteiger partial charge in [0.15, 0.2) is 0 Å². The quantitative estimate of drug-likeness (QED) is 0.918. The number of carbonyl (C=O) groups excluding carboxylic acids is 1. The monoisotopic (exact) mass is 287 g/mol. The van der Waals surface area contributed by atoms with Crippen LogP contribution >= 0.6 is 0 Å². The first-order chi connectivity index (χ1) is 9.54. The summed E-state index contributed by atoms with van der Waals surface area (Å²) >= 11 is 0. The SMILES string of the molecule is Cc1ccc(-c2cccc(C[S@](=O)CC(N)=O)c2)cc1. The highest BCUT2D eigenvalue weighted by molar-refractivity contribution is 7.84. The van der Waals surface area contributed by atoms with E-state index >= 15 is 0 Å². The Labute approximate surface area is 121 Å². The second kappa shape index (κ2) is 6.48. The Hall–Kier alpha value is -1.94. The predicted octanol–water partition coefficient (Wildman–Crippen LogP) is 2.40. The molecule has 0 heterocycles. The third-order valence-corrected chi connectivity index (χ3v) is 4.20. The number of amides is 1. The highest BCUT2D eigenvalue weighted by Crippen LogP contribution is 2.21. The molecule has 0 bridgehead atoms. The minimum Gasteiger partial charge on any atom is -0.369 e. The van der Waals surface area contributed by atoms with Crippen LogP contribution in [-0.2, 0) is 21.3 Å². The smallest absolute Gasteiger partial charge is 0.230 e. The van der Waals surface area contributed by atoms with Crippen molar-refractivity contribution in [2.45, 2.75) is 12.7 Å². The Morgan fingerprint density at radius 3 is 2.45 bits per heavy atom. The normalized spacial score (nSPS) is 12.1. The van der Waals surface area contributed by atoms with Gasteiger partial charge in [0.05, 0.1) is 0 Å². The molecule has 0 saturated heterocycles. The second-order valence-electron chi connectivity index (χ2n) is 4.76. The van der Waals surface area contributed by atoms with Gasteiger partial charge in [0.1, 0.15) is 5.75 Å². The van der Waals surface area contributed by atoms with Crippen molar-refractivity contribution >= 4 is 16.7 Å². The fourth-order valence-corrected chi connectivity index (χ4v) is 2.95. The maximum Gasteiger partial charge on any atom is 0.230 e. The molecule has 2 aromatic rings. The van der Waals surface area contributed by atoms with E-state index in [-0.39, 0.29) is 5.75 Å². The molecule has 0 saturated carbocycles. The number of rotatable bonds is 5. The van der Waals surface area contributed by atoms with Crippen molar-refractivity contribution in [3.8, 4) is 11.1 Å². The molecule has 0 fully saturated rings. The minimum atomic E-state index is -1.24. The number of primary amides is 1. The van der Waals surface area contributed by atoms with Gasteiger partial charge in [0, 0.05) is 16.6 Å². The van der Waals surface area contributed by atoms with Crippen LogP contribution in [0.25, 0.3) is 11.1 Å². The van der Waals surface area contributed by atoms with Crippen LogP contribution in [0.15, 0.2) is 48.5 Å². The molecular formula is C16H17NO2S. The lowest BCUT2D eigenvalue weighted by molar-refractivity contribution is -0.115. The topological polar surface area (TPSA) is 60.2 Å². The molecule has 3 nitrogen and oxygen atoms in total. The van der Waals surface area contributed by atoms with Crippen LogP contribution in [0.4, 0.5) is 0 Å². The molecule has 0 aliphatic heterocycles. The molecule has 2 rings (SSSR count). The van der Waals surface area contributed by atoms with Crippen molar-refractivity contribution in [1.29, 1.82) is 0 Å². The van der Waals surface area contributed by atoms with Crippen LogP contribution in [0.1, 0.15) is 11.1 Å². The lowest BCUT2D eigenvalue weighted by Gasteiger charge is -2.06. The summed E-state index contributed by atoms with van der Waals surface area (Å²) in [6, 6.07) is 16.1. The number of aryl methyl sites for hydroxylation is 1. The van der Waals surface area contributed by atoms with E-state index in [9.17, 15) is 9.00 Å². The van der Waals surface area contributed by atoms with Gasteiger partial charge in [-0.2, -0.15) is 0 Å². The molecule has 0 spiro atoms. The summed E-state index contributed by atoms with van der Waals surface area (Å²) < 4.78 is 11.7. The zero-order valence-electron chi connectivity index (χ0n) is 11.3. The number of benzene rings is 2. The summed E-state index contributed by atoms with van der Waals surface area (Å²) in [5.41, 5.74) is 9.42.